The molecule has 3 heterocycles. The van der Waals surface area contributed by atoms with Crippen LogP contribution in [0.2, 0.25) is 0 Å². The Morgan fingerprint density at radius 3 is 2.61 bits per heavy atom. The fraction of sp³-hybridized carbons (Fsp3) is 0.310. The number of ether oxygens (including phenoxy) is 1. The van der Waals surface area contributed by atoms with Gasteiger partial charge in [0, 0.05) is 37.3 Å². The first-order valence-electron chi connectivity index (χ1n) is 13.2. The van der Waals surface area contributed by atoms with Gasteiger partial charge in [-0.2, -0.15) is 5.10 Å². The molecule has 2 aromatic carbocycles. The van der Waals surface area contributed by atoms with Gasteiger partial charge in [-0.25, -0.2) is 14.6 Å². The zero-order chi connectivity index (χ0) is 25.9. The van der Waals surface area contributed by atoms with Crippen molar-refractivity contribution in [3.05, 3.63) is 73.1 Å². The highest BCUT2D eigenvalue weighted by Crippen LogP contribution is 2.35. The quantitative estimate of drug-likeness (QED) is 0.340. The molecule has 9 heteroatoms. The van der Waals surface area contributed by atoms with Gasteiger partial charge in [0.05, 0.1) is 11.4 Å². The van der Waals surface area contributed by atoms with E-state index in [0.29, 0.717) is 30.6 Å². The van der Waals surface area contributed by atoms with Gasteiger partial charge in [-0.1, -0.05) is 30.7 Å². The summed E-state index contributed by atoms with van der Waals surface area (Å²) in [4.78, 5) is 23.4. The highest BCUT2D eigenvalue weighted by molar-refractivity contribution is 5.98. The summed E-state index contributed by atoms with van der Waals surface area (Å²) >= 11 is 0. The number of hydrogen-bond acceptors (Lipinski definition) is 7. The Morgan fingerprint density at radius 2 is 1.84 bits per heavy atom. The molecule has 2 aliphatic rings. The van der Waals surface area contributed by atoms with E-state index < -0.39 is 0 Å². The first kappa shape index (κ1) is 24.1. The molecule has 0 bridgehead atoms. The van der Waals surface area contributed by atoms with Crippen LogP contribution in [0.5, 0.6) is 11.5 Å². The number of nitrogen functional groups attached to an aromatic ring is 1. The van der Waals surface area contributed by atoms with Crippen LogP contribution in [0.1, 0.15) is 31.7 Å². The van der Waals surface area contributed by atoms with Crippen LogP contribution < -0.4 is 15.8 Å². The number of amides is 1. The van der Waals surface area contributed by atoms with Gasteiger partial charge in [-0.05, 0) is 55.7 Å². The number of carbonyl (C=O) groups is 1. The first-order valence-corrected chi connectivity index (χ1v) is 13.2. The number of anilines is 1. The van der Waals surface area contributed by atoms with Gasteiger partial charge in [0.2, 0.25) is 5.91 Å². The summed E-state index contributed by atoms with van der Waals surface area (Å²) in [6.45, 7) is 1.97. The molecule has 1 atom stereocenters. The highest BCUT2D eigenvalue weighted by atomic mass is 16.5. The average molecular weight is 510 g/mol. The average Bonchev–Trinajstić information content (AvgIpc) is 3.55. The third-order valence-electron chi connectivity index (χ3n) is 7.34. The number of hydrogen-bond donors (Lipinski definition) is 2. The topological polar surface area (TPSA) is 111 Å². The van der Waals surface area contributed by atoms with Crippen molar-refractivity contribution in [2.45, 2.75) is 37.8 Å². The van der Waals surface area contributed by atoms with Crippen LogP contribution >= 0.6 is 0 Å². The van der Waals surface area contributed by atoms with E-state index in [-0.39, 0.29) is 11.9 Å². The molecule has 4 aromatic rings. The second kappa shape index (κ2) is 10.6. The maximum atomic E-state index is 12.8. The lowest BCUT2D eigenvalue weighted by Crippen LogP contribution is -2.35. The molecule has 9 nitrogen and oxygen atoms in total. The van der Waals surface area contributed by atoms with Crippen LogP contribution in [0.15, 0.2) is 73.1 Å². The molecule has 1 aliphatic carbocycles. The molecule has 0 radical (unpaired) electrons. The molecule has 1 saturated heterocycles. The smallest absolute Gasteiger partial charge is 0.246 e. The molecule has 38 heavy (non-hydrogen) atoms. The number of rotatable bonds is 8. The number of carbonyl (C=O) groups excluding carboxylic acids is 1. The summed E-state index contributed by atoms with van der Waals surface area (Å²) in [5.74, 6) is 1.92. The largest absolute Gasteiger partial charge is 0.457 e. The van der Waals surface area contributed by atoms with Crippen LogP contribution in [0, 0.1) is 0 Å². The lowest BCUT2D eigenvalue weighted by atomic mass is 9.93. The van der Waals surface area contributed by atoms with Crippen molar-refractivity contribution in [1.29, 1.82) is 0 Å². The summed E-state index contributed by atoms with van der Waals surface area (Å²) in [7, 11) is 0. The zero-order valence-electron chi connectivity index (χ0n) is 21.2. The molecular formula is C29H31N7O2. The number of nitrogens with two attached hydrogens (primary N) is 1. The Hall–Kier alpha value is -4.24. The number of fused-ring (bicyclic) bond motifs is 1. The maximum absolute atomic E-state index is 12.8. The van der Waals surface area contributed by atoms with Crippen molar-refractivity contribution >= 4 is 22.8 Å². The number of benzene rings is 2. The Labute approximate surface area is 221 Å². The van der Waals surface area contributed by atoms with E-state index in [1.807, 2.05) is 70.3 Å². The SMILES string of the molecule is Nc1ncnc2c1c(-c1ccc(Oc3ccccc3)cc1)nn2C1CCN(C(=O)/C=C/CNC2CCC2)C1. The molecule has 1 saturated carbocycles. The predicted octanol–water partition coefficient (Wildman–Crippen LogP) is 4.34. The number of para-hydroxylation sites is 1. The maximum Gasteiger partial charge on any atom is 0.246 e. The van der Waals surface area contributed by atoms with Crippen molar-refractivity contribution in [2.75, 3.05) is 25.4 Å². The molecule has 0 spiro atoms. The van der Waals surface area contributed by atoms with Crippen LogP contribution in [0.3, 0.4) is 0 Å². The van der Waals surface area contributed by atoms with E-state index in [4.69, 9.17) is 15.6 Å². The van der Waals surface area contributed by atoms with Crippen molar-refractivity contribution < 1.29 is 9.53 Å². The molecular weight excluding hydrogens is 478 g/mol. The number of nitrogens with one attached hydrogen (secondary N) is 1. The van der Waals surface area contributed by atoms with Gasteiger partial charge in [-0.3, -0.25) is 4.79 Å². The molecule has 2 aromatic heterocycles. The lowest BCUT2D eigenvalue weighted by Gasteiger charge is -2.25. The van der Waals surface area contributed by atoms with E-state index in [1.54, 1.807) is 6.08 Å². The fourth-order valence-corrected chi connectivity index (χ4v) is 5.01. The number of nitrogens with zero attached hydrogens (tertiary/aromatic N) is 5. The van der Waals surface area contributed by atoms with Gasteiger partial charge in [-0.15, -0.1) is 0 Å². The normalized spacial score (nSPS) is 17.8. The molecule has 1 amide bonds. The minimum atomic E-state index is 0.00619. The van der Waals surface area contributed by atoms with Crippen molar-refractivity contribution in [3.8, 4) is 22.8 Å². The van der Waals surface area contributed by atoms with Gasteiger partial charge >= 0.3 is 0 Å². The summed E-state index contributed by atoms with van der Waals surface area (Å²) in [5, 5.41) is 9.12. The molecule has 1 aliphatic heterocycles. The van der Waals surface area contributed by atoms with Crippen LogP contribution in [0.4, 0.5) is 5.82 Å². The van der Waals surface area contributed by atoms with E-state index in [1.165, 1.54) is 25.6 Å². The first-order chi connectivity index (χ1) is 18.7. The van der Waals surface area contributed by atoms with Crippen LogP contribution in [-0.4, -0.2) is 56.2 Å². The van der Waals surface area contributed by atoms with E-state index in [0.717, 1.165) is 41.1 Å². The van der Waals surface area contributed by atoms with Crippen molar-refractivity contribution in [2.24, 2.45) is 0 Å². The second-order valence-corrected chi connectivity index (χ2v) is 9.86. The van der Waals surface area contributed by atoms with Gasteiger partial charge in [0.25, 0.3) is 0 Å². The third kappa shape index (κ3) is 4.97. The number of aromatic nitrogens is 4. The number of likely N-dealkylation sites (tertiary alicyclic amines) is 1. The monoisotopic (exact) mass is 509 g/mol. The van der Waals surface area contributed by atoms with E-state index >= 15 is 0 Å². The molecule has 1 unspecified atom stereocenters. The van der Waals surface area contributed by atoms with Crippen molar-refractivity contribution in [3.63, 3.8) is 0 Å². The summed E-state index contributed by atoms with van der Waals surface area (Å²) in [5.41, 5.74) is 8.60. The lowest BCUT2D eigenvalue weighted by molar-refractivity contribution is -0.125. The Balaban J connectivity index is 1.20. The summed E-state index contributed by atoms with van der Waals surface area (Å²) in [6.07, 6.45) is 9.62. The standard InChI is InChI=1S/C29H31N7O2/c30-28-26-27(20-11-13-24(14-12-20)38-23-8-2-1-3-9-23)34-36(29(26)33-19-32-28)22-15-17-35(18-22)25(37)10-5-16-31-21-6-4-7-21/h1-3,5,8-14,19,21-22,31H,4,6-7,15-18H2,(H2,30,32,33)/b10-5+. The predicted molar refractivity (Wildman–Crippen MR) is 147 cm³/mol. The molecule has 6 rings (SSSR count). The Bertz CT molecular complexity index is 1450. The van der Waals surface area contributed by atoms with E-state index in [2.05, 4.69) is 15.3 Å². The minimum absolute atomic E-state index is 0.00619. The fourth-order valence-electron chi connectivity index (χ4n) is 5.01. The zero-order valence-corrected chi connectivity index (χ0v) is 21.2. The minimum Gasteiger partial charge on any atom is -0.457 e. The van der Waals surface area contributed by atoms with Crippen LogP contribution in [0.25, 0.3) is 22.3 Å². The Kier molecular flexibility index (Phi) is 6.75. The van der Waals surface area contributed by atoms with Crippen molar-refractivity contribution in [1.82, 2.24) is 30.0 Å². The van der Waals surface area contributed by atoms with Gasteiger partial charge in [0.15, 0.2) is 5.65 Å². The second-order valence-electron chi connectivity index (χ2n) is 9.86. The molecule has 2 fully saturated rings. The third-order valence-corrected chi connectivity index (χ3v) is 7.34. The van der Waals surface area contributed by atoms with E-state index in [9.17, 15) is 4.79 Å². The summed E-state index contributed by atoms with van der Waals surface area (Å²) in [6, 6.07) is 18.0. The Morgan fingerprint density at radius 1 is 1.05 bits per heavy atom. The highest BCUT2D eigenvalue weighted by Gasteiger charge is 2.30. The van der Waals surface area contributed by atoms with Gasteiger partial charge in [0.1, 0.15) is 29.3 Å². The summed E-state index contributed by atoms with van der Waals surface area (Å²) < 4.78 is 7.84. The molecule has 194 valence electrons. The van der Waals surface area contributed by atoms with Crippen LogP contribution in [-0.2, 0) is 4.79 Å². The van der Waals surface area contributed by atoms with Gasteiger partial charge < -0.3 is 20.7 Å². The molecule has 3 N–H and O–H groups in total.